The van der Waals surface area contributed by atoms with E-state index in [0.717, 1.165) is 6.92 Å². The van der Waals surface area contributed by atoms with Gasteiger partial charge in [-0.3, -0.25) is 9.11 Å². The average molecular weight is 174 g/mol. The van der Waals surface area contributed by atoms with Gasteiger partial charge < -0.3 is 4.89 Å². The zero-order valence-corrected chi connectivity index (χ0v) is 5.70. The third-order valence-corrected chi connectivity index (χ3v) is 0.129. The molecule has 0 aliphatic heterocycles. The van der Waals surface area contributed by atoms with Gasteiger partial charge in [-0.15, -0.1) is 0 Å². The maximum Gasteiger partial charge on any atom is 0.394 e. The third kappa shape index (κ3) is 171. The summed E-state index contributed by atoms with van der Waals surface area (Å²) in [4.78, 5) is 12.5. The molecule has 8 heteroatoms. The van der Waals surface area contributed by atoms with Crippen molar-refractivity contribution in [2.75, 3.05) is 0 Å². The maximum atomic E-state index is 9.34. The molecular weight excluding hydrogens is 168 g/mol. The van der Waals surface area contributed by atoms with Gasteiger partial charge in [0, 0.05) is 6.92 Å². The van der Waals surface area contributed by atoms with Gasteiger partial charge in [-0.2, -0.15) is 13.7 Å². The van der Waals surface area contributed by atoms with Crippen LogP contribution in [-0.4, -0.2) is 28.7 Å². The van der Waals surface area contributed by atoms with Crippen LogP contribution in [0.2, 0.25) is 0 Å². The molecule has 0 aromatic heterocycles. The van der Waals surface area contributed by atoms with E-state index in [0.29, 0.717) is 0 Å². The predicted molar refractivity (Wildman–Crippen MR) is 28.6 cm³/mol. The molecule has 0 atom stereocenters. The molecule has 0 aliphatic carbocycles. The summed E-state index contributed by atoms with van der Waals surface area (Å²) in [6.45, 7) is 1.11. The molecule has 0 fully saturated rings. The van der Waals surface area contributed by atoms with Crippen molar-refractivity contribution >= 4 is 16.4 Å². The molecule has 0 aliphatic rings. The van der Waals surface area contributed by atoms with Crippen LogP contribution in [0.1, 0.15) is 6.92 Å². The highest BCUT2D eigenvalue weighted by atomic mass is 32.3. The Bertz CT molecular complexity index is 170. The van der Waals surface area contributed by atoms with E-state index in [4.69, 9.17) is 22.8 Å². The Hall–Kier alpha value is -0.700. The summed E-state index contributed by atoms with van der Waals surface area (Å²) in [7, 11) is -4.67. The summed E-state index contributed by atoms with van der Waals surface area (Å²) in [5, 5.41) is 7.29. The van der Waals surface area contributed by atoms with E-state index in [2.05, 4.69) is 4.89 Å². The summed E-state index contributed by atoms with van der Waals surface area (Å²) >= 11 is 0. The van der Waals surface area contributed by atoms with Gasteiger partial charge in [0.25, 0.3) is 0 Å². The first-order valence-electron chi connectivity index (χ1n) is 1.79. The van der Waals surface area contributed by atoms with Gasteiger partial charge in [0.15, 0.2) is 0 Å². The Labute approximate surface area is 56.7 Å². The van der Waals surface area contributed by atoms with Crippen LogP contribution in [0.15, 0.2) is 0 Å². The first-order valence-corrected chi connectivity index (χ1v) is 3.19. The normalized spacial score (nSPS) is 9.20. The molecule has 0 unspecified atom stereocenters. The lowest BCUT2D eigenvalue weighted by atomic mass is 10.9. The van der Waals surface area contributed by atoms with Crippen LogP contribution in [0.5, 0.6) is 0 Å². The second-order valence-electron chi connectivity index (χ2n) is 1.03. The minimum Gasteiger partial charge on any atom is -0.301 e. The van der Waals surface area contributed by atoms with Crippen molar-refractivity contribution in [2.24, 2.45) is 0 Å². The van der Waals surface area contributed by atoms with Gasteiger partial charge in [-0.05, 0) is 0 Å². The first kappa shape index (κ1) is 12.0. The molecule has 0 amide bonds. The van der Waals surface area contributed by atoms with Crippen LogP contribution in [0.3, 0.4) is 0 Å². The van der Waals surface area contributed by atoms with E-state index in [1.165, 1.54) is 0 Å². The molecule has 0 aromatic rings. The van der Waals surface area contributed by atoms with Gasteiger partial charge in [-0.1, -0.05) is 0 Å². The topological polar surface area (TPSA) is 121 Å². The molecule has 0 saturated carbocycles. The molecular formula is C2H6O7S. The standard InChI is InChI=1S/C2H4O3.H2O4S/c1-2(3)5-4;1-5(2,3)4/h4H,1H3;(H2,1,2,3,4). The van der Waals surface area contributed by atoms with Crippen molar-refractivity contribution in [3.8, 4) is 0 Å². The number of hydrogen-bond acceptors (Lipinski definition) is 5. The van der Waals surface area contributed by atoms with E-state index in [1.54, 1.807) is 0 Å². The molecule has 10 heavy (non-hydrogen) atoms. The smallest absolute Gasteiger partial charge is 0.301 e. The zero-order chi connectivity index (χ0) is 8.78. The summed E-state index contributed by atoms with van der Waals surface area (Å²) in [5.41, 5.74) is 0. The van der Waals surface area contributed by atoms with Gasteiger partial charge >= 0.3 is 16.4 Å². The van der Waals surface area contributed by atoms with Crippen molar-refractivity contribution in [2.45, 2.75) is 6.92 Å². The maximum absolute atomic E-state index is 9.34. The van der Waals surface area contributed by atoms with E-state index >= 15 is 0 Å². The molecule has 0 rings (SSSR count). The lowest BCUT2D eigenvalue weighted by Gasteiger charge is -1.76. The second kappa shape index (κ2) is 5.11. The Balaban J connectivity index is 0. The summed E-state index contributed by atoms with van der Waals surface area (Å²) < 4.78 is 31.6. The van der Waals surface area contributed by atoms with Crippen LogP contribution in [0.25, 0.3) is 0 Å². The van der Waals surface area contributed by atoms with Crippen LogP contribution >= 0.6 is 0 Å². The van der Waals surface area contributed by atoms with Gasteiger partial charge in [-0.25, -0.2) is 4.79 Å². The zero-order valence-electron chi connectivity index (χ0n) is 4.88. The van der Waals surface area contributed by atoms with Crippen molar-refractivity contribution in [1.82, 2.24) is 0 Å². The Morgan fingerprint density at radius 1 is 1.40 bits per heavy atom. The van der Waals surface area contributed by atoms with Gasteiger partial charge in [0.05, 0.1) is 0 Å². The molecule has 62 valence electrons. The molecule has 0 saturated heterocycles. The quantitative estimate of drug-likeness (QED) is 0.254. The van der Waals surface area contributed by atoms with Crippen LogP contribution in [0.4, 0.5) is 0 Å². The van der Waals surface area contributed by atoms with Crippen molar-refractivity contribution < 1.29 is 32.5 Å². The third-order valence-electron chi connectivity index (χ3n) is 0.129. The first-order chi connectivity index (χ1) is 4.27. The summed E-state index contributed by atoms with van der Waals surface area (Å²) in [5.74, 6) is -0.690. The van der Waals surface area contributed by atoms with Gasteiger partial charge in [0.2, 0.25) is 0 Å². The Morgan fingerprint density at radius 2 is 1.50 bits per heavy atom. The number of carbonyl (C=O) groups is 1. The molecule has 0 heterocycles. The molecule has 0 spiro atoms. The van der Waals surface area contributed by atoms with Crippen molar-refractivity contribution in [3.63, 3.8) is 0 Å². The Morgan fingerprint density at radius 3 is 1.50 bits per heavy atom. The highest BCUT2D eigenvalue weighted by Gasteiger charge is 1.84. The molecule has 0 aromatic carbocycles. The van der Waals surface area contributed by atoms with Gasteiger partial charge in [0.1, 0.15) is 0 Å². The number of rotatable bonds is 0. The van der Waals surface area contributed by atoms with Crippen LogP contribution < -0.4 is 0 Å². The number of carbonyl (C=O) groups excluding carboxylic acids is 1. The lowest BCUT2D eigenvalue weighted by molar-refractivity contribution is -0.231. The molecule has 3 N–H and O–H groups in total. The fourth-order valence-electron chi connectivity index (χ4n) is 0. The number of hydrogen-bond donors (Lipinski definition) is 3. The van der Waals surface area contributed by atoms with Crippen LogP contribution in [-0.2, 0) is 20.1 Å². The van der Waals surface area contributed by atoms with E-state index in [9.17, 15) is 4.79 Å². The fraction of sp³-hybridized carbons (Fsp3) is 0.500. The Kier molecular flexibility index (Phi) is 6.15. The summed E-state index contributed by atoms with van der Waals surface area (Å²) in [6, 6.07) is 0. The minimum absolute atomic E-state index is 0.690. The monoisotopic (exact) mass is 174 g/mol. The average Bonchev–Trinajstić information content (AvgIpc) is 1.61. The fourth-order valence-corrected chi connectivity index (χ4v) is 0. The van der Waals surface area contributed by atoms with E-state index in [1.807, 2.05) is 0 Å². The molecule has 7 nitrogen and oxygen atoms in total. The molecule has 0 bridgehead atoms. The van der Waals surface area contributed by atoms with Crippen molar-refractivity contribution in [3.05, 3.63) is 0 Å². The van der Waals surface area contributed by atoms with E-state index < -0.39 is 16.4 Å². The minimum atomic E-state index is -4.67. The SMILES string of the molecule is CC(=O)OO.O=S(=O)(O)O. The second-order valence-corrected chi connectivity index (χ2v) is 1.93. The largest absolute Gasteiger partial charge is 0.394 e. The highest BCUT2D eigenvalue weighted by Crippen LogP contribution is 1.59. The van der Waals surface area contributed by atoms with Crippen molar-refractivity contribution in [1.29, 1.82) is 0 Å². The summed E-state index contributed by atoms with van der Waals surface area (Å²) in [6.07, 6.45) is 0. The predicted octanol–water partition coefficient (Wildman–Crippen LogP) is -0.630. The van der Waals surface area contributed by atoms with Crippen LogP contribution in [0, 0.1) is 0 Å². The van der Waals surface area contributed by atoms with E-state index in [-0.39, 0.29) is 0 Å². The lowest BCUT2D eigenvalue weighted by Crippen LogP contribution is -1.89. The highest BCUT2D eigenvalue weighted by molar-refractivity contribution is 7.79. The molecule has 0 radical (unpaired) electrons.